The number of fused-ring (bicyclic) bond motifs is 1. The number of aromatic nitrogens is 1. The molecular weight excluding hydrogens is 387 g/mol. The molecule has 1 aliphatic rings. The number of hydrogen-bond donors (Lipinski definition) is 1. The van der Waals surface area contributed by atoms with Crippen LogP contribution in [0.25, 0.3) is 22.4 Å². The second-order valence-electron chi connectivity index (χ2n) is 6.51. The number of thiophene rings is 1. The molecule has 4 nitrogen and oxygen atoms in total. The molecule has 0 bridgehead atoms. The van der Waals surface area contributed by atoms with Gasteiger partial charge in [-0.3, -0.25) is 4.99 Å². The monoisotopic (exact) mass is 405 g/mol. The first-order valence-corrected chi connectivity index (χ1v) is 9.74. The molecule has 4 rings (SSSR count). The van der Waals surface area contributed by atoms with Crippen molar-refractivity contribution in [3.8, 4) is 28.1 Å². The smallest absolute Gasteiger partial charge is 0.406 e. The van der Waals surface area contributed by atoms with Crippen LogP contribution in [0.2, 0.25) is 0 Å². The van der Waals surface area contributed by atoms with Crippen molar-refractivity contribution in [3.05, 3.63) is 52.9 Å². The number of rotatable bonds is 5. The Labute approximate surface area is 164 Å². The Bertz CT molecular complexity index is 993. The van der Waals surface area contributed by atoms with Gasteiger partial charge in [0.25, 0.3) is 0 Å². The summed E-state index contributed by atoms with van der Waals surface area (Å²) >= 11 is 1.57. The lowest BCUT2D eigenvalue weighted by Crippen LogP contribution is -2.22. The van der Waals surface area contributed by atoms with E-state index in [1.165, 1.54) is 12.1 Å². The van der Waals surface area contributed by atoms with Crippen LogP contribution >= 0.6 is 11.3 Å². The molecule has 146 valence electrons. The standard InChI is InChI=1S/C20H18F3N3OS/c21-20(22,23)27-17-3-1-2-13(8-17)18-9-16-11-25-10-15(4-6-24)26(16)19(18)14-5-7-28-12-14/h1-3,5,7-9,11-12,15H,4,6,10,24H2/t15-/m0/s1. The molecule has 0 spiro atoms. The van der Waals surface area contributed by atoms with E-state index in [9.17, 15) is 13.2 Å². The number of hydrogen-bond acceptors (Lipinski definition) is 4. The van der Waals surface area contributed by atoms with Gasteiger partial charge in [-0.05, 0) is 48.2 Å². The fraction of sp³-hybridized carbons (Fsp3) is 0.250. The van der Waals surface area contributed by atoms with Crippen LogP contribution in [0, 0.1) is 0 Å². The highest BCUT2D eigenvalue weighted by molar-refractivity contribution is 7.08. The maximum absolute atomic E-state index is 12.6. The summed E-state index contributed by atoms with van der Waals surface area (Å²) in [6, 6.07) is 10.2. The summed E-state index contributed by atoms with van der Waals surface area (Å²) in [5.74, 6) is -0.238. The molecule has 0 saturated carbocycles. The molecule has 28 heavy (non-hydrogen) atoms. The van der Waals surface area contributed by atoms with Crippen molar-refractivity contribution in [1.82, 2.24) is 4.57 Å². The van der Waals surface area contributed by atoms with Gasteiger partial charge in [-0.15, -0.1) is 13.2 Å². The van der Waals surface area contributed by atoms with Crippen LogP contribution in [0.1, 0.15) is 18.2 Å². The first kappa shape index (κ1) is 18.8. The van der Waals surface area contributed by atoms with Crippen LogP contribution in [-0.4, -0.2) is 30.2 Å². The van der Waals surface area contributed by atoms with E-state index in [1.54, 1.807) is 23.5 Å². The van der Waals surface area contributed by atoms with E-state index < -0.39 is 6.36 Å². The van der Waals surface area contributed by atoms with Gasteiger partial charge in [-0.2, -0.15) is 11.3 Å². The van der Waals surface area contributed by atoms with Gasteiger partial charge < -0.3 is 15.0 Å². The van der Waals surface area contributed by atoms with Gasteiger partial charge in [0.05, 0.1) is 24.0 Å². The van der Waals surface area contributed by atoms with Crippen LogP contribution < -0.4 is 10.5 Å². The summed E-state index contributed by atoms with van der Waals surface area (Å²) in [6.45, 7) is 1.16. The van der Waals surface area contributed by atoms with Crippen molar-refractivity contribution in [3.63, 3.8) is 0 Å². The van der Waals surface area contributed by atoms with Crippen LogP contribution in [-0.2, 0) is 0 Å². The molecule has 3 aromatic rings. The molecule has 0 radical (unpaired) electrons. The third-order valence-electron chi connectivity index (χ3n) is 4.64. The topological polar surface area (TPSA) is 52.5 Å². The number of aliphatic imine (C=N–C) groups is 1. The Kier molecular flexibility index (Phi) is 4.99. The van der Waals surface area contributed by atoms with Gasteiger partial charge in [0.1, 0.15) is 5.75 Å². The predicted octanol–water partition coefficient (Wildman–Crippen LogP) is 5.10. The average molecular weight is 405 g/mol. The third-order valence-corrected chi connectivity index (χ3v) is 5.33. The van der Waals surface area contributed by atoms with E-state index >= 15 is 0 Å². The number of ether oxygens (including phenoxy) is 1. The van der Waals surface area contributed by atoms with Gasteiger partial charge in [-0.25, -0.2) is 0 Å². The molecule has 0 amide bonds. The van der Waals surface area contributed by atoms with E-state index in [-0.39, 0.29) is 11.8 Å². The van der Waals surface area contributed by atoms with Crippen LogP contribution in [0.15, 0.2) is 52.2 Å². The third kappa shape index (κ3) is 3.70. The Balaban J connectivity index is 1.87. The lowest BCUT2D eigenvalue weighted by molar-refractivity contribution is -0.274. The lowest BCUT2D eigenvalue weighted by atomic mass is 10.0. The molecule has 1 aliphatic heterocycles. The highest BCUT2D eigenvalue weighted by Crippen LogP contribution is 2.40. The molecule has 2 N–H and O–H groups in total. The van der Waals surface area contributed by atoms with E-state index in [0.717, 1.165) is 28.9 Å². The average Bonchev–Trinajstić information content (AvgIpc) is 3.28. The number of alkyl halides is 3. The second kappa shape index (κ2) is 7.44. The number of benzene rings is 1. The van der Waals surface area contributed by atoms with E-state index in [4.69, 9.17) is 5.73 Å². The molecule has 0 fully saturated rings. The molecule has 0 aliphatic carbocycles. The molecule has 0 unspecified atom stereocenters. The summed E-state index contributed by atoms with van der Waals surface area (Å²) in [7, 11) is 0. The summed E-state index contributed by atoms with van der Waals surface area (Å²) in [5, 5.41) is 4.02. The zero-order valence-corrected chi connectivity index (χ0v) is 15.6. The zero-order chi connectivity index (χ0) is 19.7. The van der Waals surface area contributed by atoms with E-state index in [0.29, 0.717) is 18.7 Å². The van der Waals surface area contributed by atoms with E-state index in [2.05, 4.69) is 14.3 Å². The van der Waals surface area contributed by atoms with Crippen LogP contribution in [0.3, 0.4) is 0 Å². The molecular formula is C20H18F3N3OS. The van der Waals surface area contributed by atoms with Gasteiger partial charge >= 0.3 is 6.36 Å². The summed E-state index contributed by atoms with van der Waals surface area (Å²) in [4.78, 5) is 4.44. The molecule has 1 atom stereocenters. The Hall–Kier alpha value is -2.58. The van der Waals surface area contributed by atoms with Crippen LogP contribution in [0.5, 0.6) is 5.75 Å². The number of halogens is 3. The van der Waals surface area contributed by atoms with Gasteiger partial charge in [0.15, 0.2) is 0 Å². The van der Waals surface area contributed by atoms with Gasteiger partial charge in [0.2, 0.25) is 0 Å². The van der Waals surface area contributed by atoms with Crippen molar-refractivity contribution >= 4 is 17.6 Å². The molecule has 0 saturated heterocycles. The Morgan fingerprint density at radius 3 is 2.79 bits per heavy atom. The maximum atomic E-state index is 12.6. The minimum Gasteiger partial charge on any atom is -0.406 e. The predicted molar refractivity (Wildman–Crippen MR) is 105 cm³/mol. The maximum Gasteiger partial charge on any atom is 0.573 e. The van der Waals surface area contributed by atoms with Crippen molar-refractivity contribution in [2.24, 2.45) is 10.7 Å². The SMILES string of the molecule is NCC[C@H]1CN=Cc2cc(-c3cccc(OC(F)(F)F)c3)c(-c3ccsc3)n21. The van der Waals surface area contributed by atoms with E-state index in [1.807, 2.05) is 29.1 Å². The van der Waals surface area contributed by atoms with Crippen LogP contribution in [0.4, 0.5) is 13.2 Å². The Morgan fingerprint density at radius 2 is 2.07 bits per heavy atom. The molecule has 3 heterocycles. The van der Waals surface area contributed by atoms with Crippen molar-refractivity contribution in [1.29, 1.82) is 0 Å². The van der Waals surface area contributed by atoms with Crippen molar-refractivity contribution < 1.29 is 17.9 Å². The first-order chi connectivity index (χ1) is 13.5. The zero-order valence-electron chi connectivity index (χ0n) is 14.8. The quantitative estimate of drug-likeness (QED) is 0.642. The normalized spacial score (nSPS) is 16.2. The summed E-state index contributed by atoms with van der Waals surface area (Å²) in [5.41, 5.74) is 10.2. The fourth-order valence-electron chi connectivity index (χ4n) is 3.57. The van der Waals surface area contributed by atoms with Crippen molar-refractivity contribution in [2.45, 2.75) is 18.8 Å². The molecule has 1 aromatic carbocycles. The highest BCUT2D eigenvalue weighted by Gasteiger charge is 2.31. The van der Waals surface area contributed by atoms with Crippen molar-refractivity contribution in [2.75, 3.05) is 13.1 Å². The molecule has 2 aromatic heterocycles. The minimum absolute atomic E-state index is 0.114. The summed E-state index contributed by atoms with van der Waals surface area (Å²) in [6.07, 6.45) is -2.15. The molecule has 8 heteroatoms. The second-order valence-corrected chi connectivity index (χ2v) is 7.29. The Morgan fingerprint density at radius 1 is 1.21 bits per heavy atom. The largest absolute Gasteiger partial charge is 0.573 e. The summed E-state index contributed by atoms with van der Waals surface area (Å²) < 4.78 is 44.2. The fourth-order valence-corrected chi connectivity index (χ4v) is 4.21. The minimum atomic E-state index is -4.73. The number of nitrogens with zero attached hydrogens (tertiary/aromatic N) is 2. The number of nitrogens with two attached hydrogens (primary N) is 1. The highest BCUT2D eigenvalue weighted by atomic mass is 32.1. The van der Waals surface area contributed by atoms with Gasteiger partial charge in [0, 0.05) is 22.7 Å². The van der Waals surface area contributed by atoms with Gasteiger partial charge in [-0.1, -0.05) is 12.1 Å². The lowest BCUT2D eigenvalue weighted by Gasteiger charge is -2.24. The first-order valence-electron chi connectivity index (χ1n) is 8.80.